The summed E-state index contributed by atoms with van der Waals surface area (Å²) in [4.78, 5) is 27.5. The number of nitrogens with zero attached hydrogens (tertiary/aromatic N) is 1. The van der Waals surface area contributed by atoms with E-state index in [0.29, 0.717) is 29.6 Å². The van der Waals surface area contributed by atoms with E-state index in [1.807, 2.05) is 31.2 Å². The maximum Gasteiger partial charge on any atom is 0.229 e. The van der Waals surface area contributed by atoms with E-state index in [-0.39, 0.29) is 18.2 Å². The van der Waals surface area contributed by atoms with Gasteiger partial charge in [0, 0.05) is 30.4 Å². The van der Waals surface area contributed by atoms with Crippen molar-refractivity contribution in [2.45, 2.75) is 39.5 Å². The molecule has 2 amide bonds. The van der Waals surface area contributed by atoms with Gasteiger partial charge in [-0.2, -0.15) is 0 Å². The van der Waals surface area contributed by atoms with Crippen molar-refractivity contribution in [2.24, 2.45) is 5.92 Å². The molecule has 2 aromatic rings. The number of hydrogen-bond acceptors (Lipinski definition) is 4. The Bertz CT molecular complexity index is 941. The van der Waals surface area contributed by atoms with Gasteiger partial charge in [0.2, 0.25) is 11.8 Å². The lowest BCUT2D eigenvalue weighted by Gasteiger charge is -2.23. The van der Waals surface area contributed by atoms with Crippen LogP contribution in [0.15, 0.2) is 36.4 Å². The number of nitrogens with one attached hydrogen (secondary N) is 1. The zero-order valence-electron chi connectivity index (χ0n) is 18.3. The van der Waals surface area contributed by atoms with E-state index in [4.69, 9.17) is 9.47 Å². The van der Waals surface area contributed by atoms with E-state index in [0.717, 1.165) is 23.2 Å². The smallest absolute Gasteiger partial charge is 0.229 e. The number of amides is 2. The van der Waals surface area contributed by atoms with Crippen LogP contribution in [0.25, 0.3) is 0 Å². The molecule has 0 saturated carbocycles. The summed E-state index contributed by atoms with van der Waals surface area (Å²) in [7, 11) is 3.13. The van der Waals surface area contributed by atoms with Crippen LogP contribution < -0.4 is 19.7 Å². The lowest BCUT2D eigenvalue weighted by Crippen LogP contribution is -2.29. The Labute approximate surface area is 178 Å². The molecule has 0 spiro atoms. The highest BCUT2D eigenvalue weighted by molar-refractivity contribution is 6.04. The quantitative estimate of drug-likeness (QED) is 0.729. The van der Waals surface area contributed by atoms with Crippen molar-refractivity contribution in [3.63, 3.8) is 0 Å². The van der Waals surface area contributed by atoms with Crippen molar-refractivity contribution in [3.8, 4) is 11.5 Å². The summed E-state index contributed by atoms with van der Waals surface area (Å²) in [5.74, 6) is 0.908. The number of methoxy groups -OCH3 is 2. The first-order chi connectivity index (χ1) is 14.4. The van der Waals surface area contributed by atoms with Crippen molar-refractivity contribution in [2.75, 3.05) is 31.0 Å². The standard InChI is InChI=1S/C24H30N2O4/c1-6-15(2)18-9-7-8-10-20(18)26-14-17(12-23(26)27)24(28)25-19-13-22(30-5)21(29-4)11-16(19)3/h7-11,13,15,17H,6,12,14H2,1-5H3,(H,25,28)/t15-,17+/m0/s1. The molecule has 0 aliphatic carbocycles. The third-order valence-corrected chi connectivity index (χ3v) is 5.86. The second-order valence-corrected chi connectivity index (χ2v) is 7.78. The zero-order chi connectivity index (χ0) is 21.8. The van der Waals surface area contributed by atoms with Gasteiger partial charge in [-0.05, 0) is 42.5 Å². The average molecular weight is 411 g/mol. The summed E-state index contributed by atoms with van der Waals surface area (Å²) >= 11 is 0. The number of benzene rings is 2. The zero-order valence-corrected chi connectivity index (χ0v) is 18.3. The minimum atomic E-state index is -0.407. The summed E-state index contributed by atoms with van der Waals surface area (Å²) in [6.07, 6.45) is 1.19. The maximum atomic E-state index is 13.0. The Morgan fingerprint density at radius 3 is 2.53 bits per heavy atom. The third kappa shape index (κ3) is 4.27. The van der Waals surface area contributed by atoms with Crippen LogP contribution in [0, 0.1) is 12.8 Å². The summed E-state index contributed by atoms with van der Waals surface area (Å²) < 4.78 is 10.6. The minimum absolute atomic E-state index is 0.0186. The van der Waals surface area contributed by atoms with Crippen LogP contribution in [0.1, 0.15) is 43.7 Å². The number of aryl methyl sites for hydroxylation is 1. The van der Waals surface area contributed by atoms with Gasteiger partial charge < -0.3 is 19.7 Å². The van der Waals surface area contributed by atoms with Crippen molar-refractivity contribution in [1.82, 2.24) is 0 Å². The number of carbonyl (C=O) groups is 2. The topological polar surface area (TPSA) is 67.9 Å². The molecule has 1 aliphatic heterocycles. The first-order valence-electron chi connectivity index (χ1n) is 10.3. The molecule has 160 valence electrons. The summed E-state index contributed by atoms with van der Waals surface area (Å²) in [5, 5.41) is 2.97. The van der Waals surface area contributed by atoms with Crippen LogP contribution in [0.5, 0.6) is 11.5 Å². The molecule has 1 aliphatic rings. The highest BCUT2D eigenvalue weighted by Gasteiger charge is 2.36. The van der Waals surface area contributed by atoms with Crippen molar-refractivity contribution < 1.29 is 19.1 Å². The number of hydrogen-bond donors (Lipinski definition) is 1. The van der Waals surface area contributed by atoms with Gasteiger partial charge in [-0.1, -0.05) is 32.0 Å². The van der Waals surface area contributed by atoms with E-state index in [1.54, 1.807) is 25.2 Å². The average Bonchev–Trinajstić information content (AvgIpc) is 3.15. The molecule has 1 saturated heterocycles. The van der Waals surface area contributed by atoms with Crippen LogP contribution in [0.3, 0.4) is 0 Å². The minimum Gasteiger partial charge on any atom is -0.493 e. The molecular weight excluding hydrogens is 380 g/mol. The number of anilines is 2. The lowest BCUT2D eigenvalue weighted by molar-refractivity contribution is -0.122. The Morgan fingerprint density at radius 1 is 1.20 bits per heavy atom. The van der Waals surface area contributed by atoms with Crippen LogP contribution in [0.2, 0.25) is 0 Å². The predicted molar refractivity (Wildman–Crippen MR) is 119 cm³/mol. The Hall–Kier alpha value is -3.02. The molecule has 30 heavy (non-hydrogen) atoms. The molecule has 2 atom stereocenters. The number of ether oxygens (including phenoxy) is 2. The first kappa shape index (κ1) is 21.7. The molecular formula is C24H30N2O4. The molecule has 1 N–H and O–H groups in total. The van der Waals surface area contributed by atoms with Gasteiger partial charge in [0.25, 0.3) is 0 Å². The number of para-hydroxylation sites is 1. The lowest BCUT2D eigenvalue weighted by atomic mass is 9.96. The van der Waals surface area contributed by atoms with E-state index in [9.17, 15) is 9.59 Å². The molecule has 0 radical (unpaired) electrons. The Balaban J connectivity index is 1.78. The molecule has 0 aromatic heterocycles. The fourth-order valence-corrected chi connectivity index (χ4v) is 3.84. The predicted octanol–water partition coefficient (Wildman–Crippen LogP) is 4.52. The van der Waals surface area contributed by atoms with Gasteiger partial charge in [-0.15, -0.1) is 0 Å². The molecule has 3 rings (SSSR count). The summed E-state index contributed by atoms with van der Waals surface area (Å²) in [6.45, 7) is 6.56. The van der Waals surface area contributed by atoms with Gasteiger partial charge in [-0.3, -0.25) is 9.59 Å². The molecule has 6 heteroatoms. The maximum absolute atomic E-state index is 13.0. The van der Waals surface area contributed by atoms with Crippen molar-refractivity contribution in [3.05, 3.63) is 47.5 Å². The molecule has 6 nitrogen and oxygen atoms in total. The normalized spacial score (nSPS) is 17.0. The highest BCUT2D eigenvalue weighted by Crippen LogP contribution is 2.35. The van der Waals surface area contributed by atoms with Gasteiger partial charge in [-0.25, -0.2) is 0 Å². The van der Waals surface area contributed by atoms with Gasteiger partial charge in [0.15, 0.2) is 11.5 Å². The largest absolute Gasteiger partial charge is 0.493 e. The number of rotatable bonds is 7. The number of carbonyl (C=O) groups excluding carboxylic acids is 2. The molecule has 1 heterocycles. The first-order valence-corrected chi connectivity index (χ1v) is 10.3. The van der Waals surface area contributed by atoms with E-state index < -0.39 is 5.92 Å². The van der Waals surface area contributed by atoms with E-state index >= 15 is 0 Å². The molecule has 1 fully saturated rings. The third-order valence-electron chi connectivity index (χ3n) is 5.86. The second kappa shape index (κ2) is 9.20. The SMILES string of the molecule is CC[C@H](C)c1ccccc1N1C[C@H](C(=O)Nc2cc(OC)c(OC)cc2C)CC1=O. The fourth-order valence-electron chi connectivity index (χ4n) is 3.84. The van der Waals surface area contributed by atoms with Crippen LogP contribution in [0.4, 0.5) is 11.4 Å². The van der Waals surface area contributed by atoms with Crippen molar-refractivity contribution >= 4 is 23.2 Å². The molecule has 2 aromatic carbocycles. The van der Waals surface area contributed by atoms with Gasteiger partial charge in [0.05, 0.1) is 20.1 Å². The highest BCUT2D eigenvalue weighted by atomic mass is 16.5. The fraction of sp³-hybridized carbons (Fsp3) is 0.417. The van der Waals surface area contributed by atoms with E-state index in [2.05, 4.69) is 25.2 Å². The summed E-state index contributed by atoms with van der Waals surface area (Å²) in [6, 6.07) is 11.5. The van der Waals surface area contributed by atoms with Crippen molar-refractivity contribution in [1.29, 1.82) is 0 Å². The van der Waals surface area contributed by atoms with Crippen LogP contribution in [-0.4, -0.2) is 32.6 Å². The Kier molecular flexibility index (Phi) is 6.65. The van der Waals surface area contributed by atoms with Crippen LogP contribution in [-0.2, 0) is 9.59 Å². The summed E-state index contributed by atoms with van der Waals surface area (Å²) in [5.41, 5.74) is 3.58. The molecule has 0 bridgehead atoms. The van der Waals surface area contributed by atoms with Crippen LogP contribution >= 0.6 is 0 Å². The Morgan fingerprint density at radius 2 is 1.87 bits per heavy atom. The van der Waals surface area contributed by atoms with Gasteiger partial charge >= 0.3 is 0 Å². The molecule has 0 unspecified atom stereocenters. The monoisotopic (exact) mass is 410 g/mol. The van der Waals surface area contributed by atoms with E-state index in [1.165, 1.54) is 0 Å². The second-order valence-electron chi connectivity index (χ2n) is 7.78. The van der Waals surface area contributed by atoms with Gasteiger partial charge in [0.1, 0.15) is 0 Å².